The smallest absolute Gasteiger partial charge is 0.335 e. The van der Waals surface area contributed by atoms with E-state index in [2.05, 4.69) is 58.5 Å². The number of aryl methyl sites for hydroxylation is 3. The Morgan fingerprint density at radius 1 is 1.03 bits per heavy atom. The number of fused-ring (bicyclic) bond motifs is 2. The number of unbranched alkanes of at least 4 members (excludes halogenated alkanes) is 1. The molecule has 0 aliphatic carbocycles. The van der Waals surface area contributed by atoms with E-state index in [9.17, 15) is 9.90 Å². The summed E-state index contributed by atoms with van der Waals surface area (Å²) in [6.07, 6.45) is 7.97. The van der Waals surface area contributed by atoms with Crippen LogP contribution in [0.3, 0.4) is 0 Å². The van der Waals surface area contributed by atoms with E-state index in [4.69, 9.17) is 0 Å². The van der Waals surface area contributed by atoms with Crippen LogP contribution in [-0.2, 0) is 12.8 Å². The predicted molar refractivity (Wildman–Crippen MR) is 135 cm³/mol. The number of para-hydroxylation sites is 2. The Morgan fingerprint density at radius 3 is 2.76 bits per heavy atom. The monoisotopic (exact) mass is 438 g/mol. The van der Waals surface area contributed by atoms with Crippen LogP contribution in [-0.4, -0.2) is 29.1 Å². The summed E-state index contributed by atoms with van der Waals surface area (Å²) >= 11 is 0. The van der Waals surface area contributed by atoms with Crippen molar-refractivity contribution in [1.29, 1.82) is 0 Å². The molecule has 0 radical (unpaired) electrons. The summed E-state index contributed by atoms with van der Waals surface area (Å²) in [7, 11) is 0. The van der Waals surface area contributed by atoms with E-state index >= 15 is 0 Å². The topological polar surface area (TPSA) is 56.3 Å². The second-order valence-electron chi connectivity index (χ2n) is 9.05. The number of rotatable bonds is 7. The molecule has 0 unspecified atom stereocenters. The van der Waals surface area contributed by atoms with Gasteiger partial charge < -0.3 is 15.0 Å². The molecule has 4 aromatic rings. The molecule has 0 amide bonds. The lowest BCUT2D eigenvalue weighted by molar-refractivity contribution is 0.0697. The van der Waals surface area contributed by atoms with Gasteiger partial charge in [-0.15, -0.1) is 0 Å². The highest BCUT2D eigenvalue weighted by atomic mass is 16.4. The molecule has 0 saturated carbocycles. The highest BCUT2D eigenvalue weighted by molar-refractivity contribution is 5.97. The van der Waals surface area contributed by atoms with Crippen molar-refractivity contribution in [2.24, 2.45) is 0 Å². The number of anilines is 1. The Hall–Kier alpha value is -3.53. The Balaban J connectivity index is 1.29. The number of carboxylic acid groups (broad SMARTS) is 1. The van der Waals surface area contributed by atoms with Crippen molar-refractivity contribution in [3.63, 3.8) is 0 Å². The molecule has 1 aliphatic rings. The largest absolute Gasteiger partial charge is 0.478 e. The van der Waals surface area contributed by atoms with Crippen LogP contribution in [0.25, 0.3) is 22.0 Å². The molecule has 0 saturated heterocycles. The van der Waals surface area contributed by atoms with Gasteiger partial charge in [-0.05, 0) is 79.5 Å². The second kappa shape index (κ2) is 9.14. The average Bonchev–Trinajstić information content (AvgIpc) is 3.25. The predicted octanol–water partition coefficient (Wildman–Crippen LogP) is 6.62. The highest BCUT2D eigenvalue weighted by Crippen LogP contribution is 2.33. The zero-order valence-electron chi connectivity index (χ0n) is 19.1. The number of H-pyrrole nitrogens is 1. The maximum absolute atomic E-state index is 11.3. The third-order valence-corrected chi connectivity index (χ3v) is 6.90. The number of carbonyl (C=O) groups is 1. The van der Waals surface area contributed by atoms with Gasteiger partial charge in [0.05, 0.1) is 11.1 Å². The van der Waals surface area contributed by atoms with E-state index in [1.807, 2.05) is 13.0 Å². The van der Waals surface area contributed by atoms with Gasteiger partial charge in [0.25, 0.3) is 0 Å². The first-order valence-corrected chi connectivity index (χ1v) is 11.9. The molecule has 0 atom stereocenters. The van der Waals surface area contributed by atoms with Crippen molar-refractivity contribution >= 4 is 22.6 Å². The molecule has 168 valence electrons. The molecule has 2 heterocycles. The van der Waals surface area contributed by atoms with Gasteiger partial charge in [-0.1, -0.05) is 42.5 Å². The summed E-state index contributed by atoms with van der Waals surface area (Å²) in [6.45, 7) is 4.25. The van der Waals surface area contributed by atoms with Crippen LogP contribution in [0.4, 0.5) is 5.69 Å². The maximum atomic E-state index is 11.3. The average molecular weight is 439 g/mol. The number of aromatic nitrogens is 1. The summed E-state index contributed by atoms with van der Waals surface area (Å²) < 4.78 is 0. The zero-order chi connectivity index (χ0) is 22.8. The fourth-order valence-corrected chi connectivity index (χ4v) is 5.20. The molecule has 5 rings (SSSR count). The molecule has 1 aliphatic heterocycles. The molecular weight excluding hydrogens is 408 g/mol. The van der Waals surface area contributed by atoms with E-state index < -0.39 is 5.97 Å². The minimum atomic E-state index is -0.891. The van der Waals surface area contributed by atoms with Crippen molar-refractivity contribution in [3.05, 3.63) is 89.1 Å². The molecule has 4 nitrogen and oxygen atoms in total. The molecule has 3 aromatic carbocycles. The number of aromatic amines is 1. The van der Waals surface area contributed by atoms with E-state index in [0.29, 0.717) is 5.56 Å². The summed E-state index contributed by atoms with van der Waals surface area (Å²) in [6, 6.07) is 20.6. The number of hydrogen-bond donors (Lipinski definition) is 2. The number of carboxylic acids is 1. The van der Waals surface area contributed by atoms with Crippen molar-refractivity contribution < 1.29 is 9.90 Å². The summed E-state index contributed by atoms with van der Waals surface area (Å²) in [5.74, 6) is -0.891. The molecule has 1 aromatic heterocycles. The molecule has 4 heteroatoms. The van der Waals surface area contributed by atoms with Crippen LogP contribution in [0.1, 0.15) is 46.3 Å². The first-order chi connectivity index (χ1) is 16.1. The van der Waals surface area contributed by atoms with E-state index in [1.165, 1.54) is 41.5 Å². The van der Waals surface area contributed by atoms with Gasteiger partial charge in [-0.25, -0.2) is 4.79 Å². The van der Waals surface area contributed by atoms with Gasteiger partial charge in [0.2, 0.25) is 0 Å². The van der Waals surface area contributed by atoms with Gasteiger partial charge in [-0.3, -0.25) is 0 Å². The molecule has 0 bridgehead atoms. The van der Waals surface area contributed by atoms with Crippen molar-refractivity contribution in [1.82, 2.24) is 4.98 Å². The first kappa shape index (κ1) is 21.3. The number of nitrogens with zero attached hydrogens (tertiary/aromatic N) is 1. The minimum Gasteiger partial charge on any atom is -0.478 e. The molecular formula is C29H30N2O2. The fraction of sp³-hybridized carbons (Fsp3) is 0.276. The van der Waals surface area contributed by atoms with Gasteiger partial charge in [0.1, 0.15) is 0 Å². The van der Waals surface area contributed by atoms with Gasteiger partial charge >= 0.3 is 5.97 Å². The normalized spacial score (nSPS) is 13.3. The zero-order valence-corrected chi connectivity index (χ0v) is 19.1. The third-order valence-electron chi connectivity index (χ3n) is 6.90. The summed E-state index contributed by atoms with van der Waals surface area (Å²) in [4.78, 5) is 17.3. The van der Waals surface area contributed by atoms with E-state index in [1.54, 1.807) is 12.1 Å². The highest BCUT2D eigenvalue weighted by Gasteiger charge is 2.16. The number of hydrogen-bond acceptors (Lipinski definition) is 2. The summed E-state index contributed by atoms with van der Waals surface area (Å²) in [5.41, 5.74) is 8.88. The first-order valence-electron chi connectivity index (χ1n) is 11.9. The van der Waals surface area contributed by atoms with Crippen LogP contribution in [0.2, 0.25) is 0 Å². The van der Waals surface area contributed by atoms with Crippen LogP contribution >= 0.6 is 0 Å². The van der Waals surface area contributed by atoms with E-state index in [0.717, 1.165) is 48.1 Å². The second-order valence-corrected chi connectivity index (χ2v) is 9.05. The lowest BCUT2D eigenvalue weighted by Gasteiger charge is -2.31. The lowest BCUT2D eigenvalue weighted by Crippen LogP contribution is -2.30. The maximum Gasteiger partial charge on any atom is 0.335 e. The number of nitrogens with one attached hydrogen (secondary N) is 1. The summed E-state index contributed by atoms with van der Waals surface area (Å²) in [5, 5.41) is 10.5. The van der Waals surface area contributed by atoms with Gasteiger partial charge in [0, 0.05) is 35.9 Å². The van der Waals surface area contributed by atoms with Crippen molar-refractivity contribution in [2.45, 2.75) is 39.0 Å². The van der Waals surface area contributed by atoms with Crippen molar-refractivity contribution in [2.75, 3.05) is 18.0 Å². The van der Waals surface area contributed by atoms with E-state index in [-0.39, 0.29) is 0 Å². The number of benzene rings is 3. The van der Waals surface area contributed by atoms with Crippen molar-refractivity contribution in [3.8, 4) is 11.1 Å². The molecule has 2 N–H and O–H groups in total. The van der Waals surface area contributed by atoms with Crippen LogP contribution < -0.4 is 4.90 Å². The Bertz CT molecular complexity index is 1300. The standard InChI is InChI=1S/C29H30N2O2/c1-20-18-22(29(32)33)14-15-24(20)26-12-6-11-25-23(19-30-28(25)26)9-4-5-16-31-17-7-10-21-8-2-3-13-27(21)31/h2-3,6,8,11-15,18-19,30H,4-5,7,9-10,16-17H2,1H3,(H,32,33). The van der Waals surface area contributed by atoms with Gasteiger partial charge in [0.15, 0.2) is 0 Å². The SMILES string of the molecule is Cc1cc(C(=O)O)ccc1-c1cccc2c(CCCCN3CCCc4ccccc43)c[nH]c12. The number of aromatic carboxylic acids is 1. The quantitative estimate of drug-likeness (QED) is 0.319. The Morgan fingerprint density at radius 2 is 1.91 bits per heavy atom. The fourth-order valence-electron chi connectivity index (χ4n) is 5.20. The third kappa shape index (κ3) is 4.25. The van der Waals surface area contributed by atoms with Gasteiger partial charge in [-0.2, -0.15) is 0 Å². The lowest BCUT2D eigenvalue weighted by atomic mass is 9.95. The molecule has 33 heavy (non-hydrogen) atoms. The Kier molecular flexibility index (Phi) is 5.91. The molecule has 0 spiro atoms. The molecule has 0 fully saturated rings. The van der Waals surface area contributed by atoms with Crippen LogP contribution in [0.5, 0.6) is 0 Å². The van der Waals surface area contributed by atoms with Crippen LogP contribution in [0.15, 0.2) is 66.9 Å². The minimum absolute atomic E-state index is 0.326. The Labute approximate surface area is 194 Å². The van der Waals surface area contributed by atoms with Crippen LogP contribution in [0, 0.1) is 6.92 Å².